The minimum absolute atomic E-state index is 0.155. The zero-order chi connectivity index (χ0) is 19.7. The van der Waals surface area contributed by atoms with Crippen LogP contribution < -0.4 is 5.56 Å². The van der Waals surface area contributed by atoms with E-state index in [4.69, 9.17) is 4.52 Å². The van der Waals surface area contributed by atoms with Crippen LogP contribution in [0, 0.1) is 0 Å². The third-order valence-electron chi connectivity index (χ3n) is 5.37. The number of aromatic nitrogens is 1. The maximum atomic E-state index is 13.6. The fourth-order valence-electron chi connectivity index (χ4n) is 4.08. The second-order valence-electron chi connectivity index (χ2n) is 7.00. The summed E-state index contributed by atoms with van der Waals surface area (Å²) in [6.45, 7) is 0. The number of rotatable bonds is 4. The maximum Gasteiger partial charge on any atom is 0.291 e. The van der Waals surface area contributed by atoms with Gasteiger partial charge in [-0.2, -0.15) is 4.74 Å². The van der Waals surface area contributed by atoms with E-state index in [2.05, 4.69) is 0 Å². The SMILES string of the molecule is O=c1c2ccccc2on1C(c1ccccc1)(c1ccccc1)c1ccccc1. The zero-order valence-electron chi connectivity index (χ0n) is 15.7. The number of para-hydroxylation sites is 1. The van der Waals surface area contributed by atoms with Gasteiger partial charge in [-0.05, 0) is 28.8 Å². The summed E-state index contributed by atoms with van der Waals surface area (Å²) in [5.41, 5.74) is 2.36. The molecule has 5 rings (SSSR count). The Morgan fingerprint density at radius 1 is 0.552 bits per heavy atom. The molecule has 29 heavy (non-hydrogen) atoms. The summed E-state index contributed by atoms with van der Waals surface area (Å²) in [5.74, 6) is 0. The summed E-state index contributed by atoms with van der Waals surface area (Å²) in [4.78, 5) is 13.6. The van der Waals surface area contributed by atoms with Gasteiger partial charge < -0.3 is 4.52 Å². The van der Waals surface area contributed by atoms with Gasteiger partial charge >= 0.3 is 0 Å². The number of nitrogens with zero attached hydrogens (tertiary/aromatic N) is 1. The van der Waals surface area contributed by atoms with Crippen molar-refractivity contribution < 1.29 is 4.52 Å². The van der Waals surface area contributed by atoms with Crippen molar-refractivity contribution in [2.45, 2.75) is 5.54 Å². The Balaban J connectivity index is 1.98. The average Bonchev–Trinajstić information content (AvgIpc) is 3.14. The van der Waals surface area contributed by atoms with Gasteiger partial charge in [-0.1, -0.05) is 103 Å². The van der Waals surface area contributed by atoms with Gasteiger partial charge in [0.05, 0.1) is 5.39 Å². The first-order valence-electron chi connectivity index (χ1n) is 9.60. The lowest BCUT2D eigenvalue weighted by atomic mass is 9.77. The van der Waals surface area contributed by atoms with Crippen molar-refractivity contribution in [1.29, 1.82) is 0 Å². The molecule has 0 atom stereocenters. The number of hydrogen-bond acceptors (Lipinski definition) is 2. The van der Waals surface area contributed by atoms with Crippen molar-refractivity contribution in [2.24, 2.45) is 0 Å². The predicted molar refractivity (Wildman–Crippen MR) is 115 cm³/mol. The lowest BCUT2D eigenvalue weighted by Crippen LogP contribution is -2.42. The topological polar surface area (TPSA) is 35.1 Å². The molecule has 0 aliphatic rings. The van der Waals surface area contributed by atoms with Gasteiger partial charge in [-0.15, -0.1) is 0 Å². The van der Waals surface area contributed by atoms with Crippen LogP contribution in [0.15, 0.2) is 125 Å². The number of hydrogen-bond donors (Lipinski definition) is 0. The molecule has 3 heteroatoms. The highest BCUT2D eigenvalue weighted by molar-refractivity contribution is 5.76. The van der Waals surface area contributed by atoms with Gasteiger partial charge in [0.2, 0.25) is 0 Å². The van der Waals surface area contributed by atoms with E-state index in [-0.39, 0.29) is 5.56 Å². The van der Waals surface area contributed by atoms with Gasteiger partial charge in [-0.3, -0.25) is 4.79 Å². The standard InChI is InChI=1S/C26H19NO2/c28-25-23-18-10-11-19-24(23)29-27(25)26(20-12-4-1-5-13-20,21-14-6-2-7-15-21)22-16-8-3-9-17-22/h1-19H. The van der Waals surface area contributed by atoms with Crippen LogP contribution in [0.4, 0.5) is 0 Å². The second kappa shape index (κ2) is 6.95. The summed E-state index contributed by atoms with van der Waals surface area (Å²) >= 11 is 0. The van der Waals surface area contributed by atoms with Crippen molar-refractivity contribution in [2.75, 3.05) is 0 Å². The van der Waals surface area contributed by atoms with E-state index < -0.39 is 5.54 Å². The Labute approximate surface area is 168 Å². The van der Waals surface area contributed by atoms with Gasteiger partial charge in [0, 0.05) is 0 Å². The Morgan fingerprint density at radius 3 is 1.41 bits per heavy atom. The first kappa shape index (κ1) is 17.3. The first-order valence-corrected chi connectivity index (χ1v) is 9.60. The van der Waals surface area contributed by atoms with Crippen molar-refractivity contribution in [1.82, 2.24) is 4.74 Å². The van der Waals surface area contributed by atoms with Crippen molar-refractivity contribution in [3.63, 3.8) is 0 Å². The molecule has 1 heterocycles. The Hall–Kier alpha value is -3.85. The van der Waals surface area contributed by atoms with E-state index >= 15 is 0 Å². The highest BCUT2D eigenvalue weighted by Gasteiger charge is 2.42. The quantitative estimate of drug-likeness (QED) is 0.391. The zero-order valence-corrected chi connectivity index (χ0v) is 15.7. The molecule has 0 N–H and O–H groups in total. The van der Waals surface area contributed by atoms with Gasteiger partial charge in [-0.25, -0.2) is 0 Å². The molecule has 4 aromatic carbocycles. The normalized spacial score (nSPS) is 11.6. The van der Waals surface area contributed by atoms with Crippen LogP contribution in [0.2, 0.25) is 0 Å². The number of benzene rings is 4. The highest BCUT2D eigenvalue weighted by Crippen LogP contribution is 2.40. The third-order valence-corrected chi connectivity index (χ3v) is 5.37. The monoisotopic (exact) mass is 377 g/mol. The summed E-state index contributed by atoms with van der Waals surface area (Å²) in [6.07, 6.45) is 0. The second-order valence-corrected chi connectivity index (χ2v) is 7.00. The van der Waals surface area contributed by atoms with Crippen LogP contribution in [-0.4, -0.2) is 4.74 Å². The largest absolute Gasteiger partial charge is 0.374 e. The lowest BCUT2D eigenvalue weighted by Gasteiger charge is -2.34. The third kappa shape index (κ3) is 2.63. The van der Waals surface area contributed by atoms with Gasteiger partial charge in [0.25, 0.3) is 5.56 Å². The van der Waals surface area contributed by atoms with E-state index in [1.165, 1.54) is 4.74 Å². The molecule has 0 spiro atoms. The summed E-state index contributed by atoms with van der Waals surface area (Å²) in [7, 11) is 0. The molecule has 0 saturated carbocycles. The van der Waals surface area contributed by atoms with Crippen LogP contribution in [0.1, 0.15) is 16.7 Å². The first-order chi connectivity index (χ1) is 14.3. The minimum Gasteiger partial charge on any atom is -0.374 e. The molecule has 0 fully saturated rings. The average molecular weight is 377 g/mol. The van der Waals surface area contributed by atoms with Gasteiger partial charge in [0.1, 0.15) is 0 Å². The fourth-order valence-corrected chi connectivity index (χ4v) is 4.08. The smallest absolute Gasteiger partial charge is 0.291 e. The van der Waals surface area contributed by atoms with E-state index in [9.17, 15) is 4.79 Å². The summed E-state index contributed by atoms with van der Waals surface area (Å²) in [6, 6.07) is 37.5. The van der Waals surface area contributed by atoms with E-state index in [1.807, 2.05) is 115 Å². The van der Waals surface area contributed by atoms with Crippen molar-refractivity contribution in [3.05, 3.63) is 142 Å². The van der Waals surface area contributed by atoms with Crippen LogP contribution in [-0.2, 0) is 5.54 Å². The molecule has 0 aliphatic heterocycles. The van der Waals surface area contributed by atoms with Gasteiger partial charge in [0.15, 0.2) is 11.1 Å². The highest BCUT2D eigenvalue weighted by atomic mass is 16.5. The molecule has 0 aliphatic carbocycles. The minimum atomic E-state index is -0.931. The molecule has 3 nitrogen and oxygen atoms in total. The van der Waals surface area contributed by atoms with E-state index in [0.717, 1.165) is 16.7 Å². The molecule has 0 radical (unpaired) electrons. The van der Waals surface area contributed by atoms with E-state index in [0.29, 0.717) is 11.0 Å². The fraction of sp³-hybridized carbons (Fsp3) is 0.0385. The lowest BCUT2D eigenvalue weighted by molar-refractivity contribution is 0.221. The van der Waals surface area contributed by atoms with Crippen LogP contribution in [0.3, 0.4) is 0 Å². The van der Waals surface area contributed by atoms with Crippen molar-refractivity contribution >= 4 is 11.0 Å². The van der Waals surface area contributed by atoms with E-state index in [1.54, 1.807) is 0 Å². The Kier molecular flexibility index (Phi) is 4.14. The molecular weight excluding hydrogens is 358 g/mol. The molecule has 140 valence electrons. The Morgan fingerprint density at radius 2 is 0.966 bits per heavy atom. The molecule has 0 amide bonds. The summed E-state index contributed by atoms with van der Waals surface area (Å²) in [5, 5.41) is 0.569. The molecule has 5 aromatic rings. The molecule has 0 saturated heterocycles. The molecule has 1 aromatic heterocycles. The maximum absolute atomic E-state index is 13.6. The molecule has 0 unspecified atom stereocenters. The van der Waals surface area contributed by atoms with Crippen LogP contribution >= 0.6 is 0 Å². The Bertz CT molecular complexity index is 1210. The van der Waals surface area contributed by atoms with Crippen molar-refractivity contribution in [3.8, 4) is 0 Å². The molecular formula is C26H19NO2. The predicted octanol–water partition coefficient (Wildman–Crippen LogP) is 5.43. The van der Waals surface area contributed by atoms with Crippen LogP contribution in [0.25, 0.3) is 11.0 Å². The van der Waals surface area contributed by atoms with Crippen LogP contribution in [0.5, 0.6) is 0 Å². The summed E-state index contributed by atoms with van der Waals surface area (Å²) < 4.78 is 7.76. The molecule has 0 bridgehead atoms. The number of fused-ring (bicyclic) bond motifs is 1.